The second kappa shape index (κ2) is 9.30. The van der Waals surface area contributed by atoms with Crippen LogP contribution in [0.3, 0.4) is 0 Å². The SMILES string of the molecule is CC(C)(C)OC(=O)N[C@@H]1C2CC3CNC2[C@@H](O[Si](c2ccccc2)(c2ccccc2)C(C)(C)C)C1C3. The van der Waals surface area contributed by atoms with E-state index in [1.54, 1.807) is 0 Å². The molecule has 1 aliphatic heterocycles. The van der Waals surface area contributed by atoms with Crippen molar-refractivity contribution in [3.05, 3.63) is 60.7 Å². The lowest BCUT2D eigenvalue weighted by Crippen LogP contribution is -2.69. The molecule has 0 spiro atoms. The molecule has 6 atom stereocenters. The first kappa shape index (κ1) is 25.5. The van der Waals surface area contributed by atoms with Crippen LogP contribution in [-0.2, 0) is 9.16 Å². The maximum atomic E-state index is 12.9. The highest BCUT2D eigenvalue weighted by Gasteiger charge is 2.61. The Bertz CT molecular complexity index is 1020. The third-order valence-corrected chi connectivity index (χ3v) is 13.5. The number of piperidine rings is 1. The van der Waals surface area contributed by atoms with Gasteiger partial charge in [-0.3, -0.25) is 0 Å². The van der Waals surface area contributed by atoms with E-state index in [0.29, 0.717) is 11.8 Å². The van der Waals surface area contributed by atoms with E-state index in [1.165, 1.54) is 10.4 Å². The number of hydrogen-bond acceptors (Lipinski definition) is 4. The first-order valence-electron chi connectivity index (χ1n) is 13.5. The number of hydrogen-bond donors (Lipinski definition) is 2. The smallest absolute Gasteiger partial charge is 0.407 e. The Hall–Kier alpha value is -2.15. The second-order valence-corrected chi connectivity index (χ2v) is 17.3. The van der Waals surface area contributed by atoms with Gasteiger partial charge in [0.25, 0.3) is 8.32 Å². The molecule has 5 rings (SSSR count). The molecule has 2 N–H and O–H groups in total. The van der Waals surface area contributed by atoms with Crippen molar-refractivity contribution in [3.8, 4) is 0 Å². The molecule has 194 valence electrons. The van der Waals surface area contributed by atoms with Crippen molar-refractivity contribution in [2.45, 2.75) is 83.2 Å². The van der Waals surface area contributed by atoms with Gasteiger partial charge in [-0.05, 0) is 67.4 Å². The molecule has 0 radical (unpaired) electrons. The van der Waals surface area contributed by atoms with Crippen LogP contribution in [0.5, 0.6) is 0 Å². The summed E-state index contributed by atoms with van der Waals surface area (Å²) in [7, 11) is -2.71. The van der Waals surface area contributed by atoms with Crippen LogP contribution < -0.4 is 21.0 Å². The van der Waals surface area contributed by atoms with Crippen LogP contribution in [0.4, 0.5) is 4.79 Å². The summed E-state index contributed by atoms with van der Waals surface area (Å²) in [4.78, 5) is 12.9. The lowest BCUT2D eigenvalue weighted by atomic mass is 9.75. The molecule has 1 saturated heterocycles. The average molecular weight is 507 g/mol. The van der Waals surface area contributed by atoms with Crippen LogP contribution in [0.15, 0.2) is 60.7 Å². The molecule has 3 bridgehead atoms. The van der Waals surface area contributed by atoms with Gasteiger partial charge in [-0.25, -0.2) is 4.79 Å². The van der Waals surface area contributed by atoms with Gasteiger partial charge in [-0.15, -0.1) is 0 Å². The number of ether oxygens (including phenoxy) is 1. The Morgan fingerprint density at radius 2 is 1.44 bits per heavy atom. The summed E-state index contributed by atoms with van der Waals surface area (Å²) in [6.45, 7) is 13.8. The predicted molar refractivity (Wildman–Crippen MR) is 147 cm³/mol. The summed E-state index contributed by atoms with van der Waals surface area (Å²) in [5.74, 6) is 1.27. The Balaban J connectivity index is 1.55. The maximum absolute atomic E-state index is 12.9. The van der Waals surface area contributed by atoms with Crippen LogP contribution >= 0.6 is 0 Å². The number of alkyl carbamates (subject to hydrolysis) is 1. The minimum Gasteiger partial charge on any atom is -0.444 e. The molecule has 2 aromatic carbocycles. The van der Waals surface area contributed by atoms with E-state index in [1.807, 2.05) is 20.8 Å². The van der Waals surface area contributed by atoms with Gasteiger partial charge in [-0.1, -0.05) is 81.4 Å². The van der Waals surface area contributed by atoms with Crippen LogP contribution in [0.2, 0.25) is 5.04 Å². The highest BCUT2D eigenvalue weighted by molar-refractivity contribution is 6.99. The summed E-state index contributed by atoms with van der Waals surface area (Å²) < 4.78 is 13.3. The molecule has 6 heteroatoms. The van der Waals surface area contributed by atoms with Crippen molar-refractivity contribution in [2.24, 2.45) is 17.8 Å². The third-order valence-electron chi connectivity index (χ3n) is 8.43. The van der Waals surface area contributed by atoms with Crippen LogP contribution in [-0.4, -0.2) is 44.7 Å². The van der Waals surface area contributed by atoms with Crippen molar-refractivity contribution in [1.29, 1.82) is 0 Å². The molecule has 2 aliphatic carbocycles. The zero-order valence-electron chi connectivity index (χ0n) is 22.6. The molecule has 1 amide bonds. The normalized spacial score (nSPS) is 29.7. The van der Waals surface area contributed by atoms with Gasteiger partial charge in [0.05, 0.1) is 6.10 Å². The quantitative estimate of drug-likeness (QED) is 0.588. The number of nitrogens with one attached hydrogen (secondary N) is 2. The molecule has 1 heterocycles. The fraction of sp³-hybridized carbons (Fsp3) is 0.567. The fourth-order valence-electron chi connectivity index (χ4n) is 7.15. The maximum Gasteiger partial charge on any atom is 0.407 e. The summed E-state index contributed by atoms with van der Waals surface area (Å²) >= 11 is 0. The monoisotopic (exact) mass is 506 g/mol. The minimum absolute atomic E-state index is 0.0359. The van der Waals surface area contributed by atoms with E-state index in [9.17, 15) is 4.79 Å². The van der Waals surface area contributed by atoms with Gasteiger partial charge < -0.3 is 19.8 Å². The molecule has 5 nitrogen and oxygen atoms in total. The van der Waals surface area contributed by atoms with E-state index in [0.717, 1.165) is 19.4 Å². The van der Waals surface area contributed by atoms with E-state index in [2.05, 4.69) is 92.1 Å². The van der Waals surface area contributed by atoms with Gasteiger partial charge in [0, 0.05) is 18.0 Å². The zero-order valence-corrected chi connectivity index (χ0v) is 23.6. The Kier molecular flexibility index (Phi) is 6.59. The Labute approximate surface area is 217 Å². The van der Waals surface area contributed by atoms with E-state index < -0.39 is 13.9 Å². The van der Waals surface area contributed by atoms with Gasteiger partial charge in [-0.2, -0.15) is 0 Å². The second-order valence-electron chi connectivity index (χ2n) is 13.0. The van der Waals surface area contributed by atoms with Crippen LogP contribution in [0.1, 0.15) is 54.4 Å². The molecule has 2 saturated carbocycles. The molecule has 0 aromatic heterocycles. The van der Waals surface area contributed by atoms with Crippen molar-refractivity contribution >= 4 is 24.8 Å². The summed E-state index contributed by atoms with van der Waals surface area (Å²) in [6.07, 6.45) is 1.93. The molecule has 3 aliphatic rings. The van der Waals surface area contributed by atoms with Crippen LogP contribution in [0.25, 0.3) is 0 Å². The Morgan fingerprint density at radius 3 is 1.97 bits per heavy atom. The van der Waals surface area contributed by atoms with E-state index in [-0.39, 0.29) is 35.2 Å². The Morgan fingerprint density at radius 1 is 0.889 bits per heavy atom. The summed E-state index contributed by atoms with van der Waals surface area (Å²) in [5.41, 5.74) is -0.514. The van der Waals surface area contributed by atoms with Gasteiger partial charge in [0.2, 0.25) is 0 Å². The van der Waals surface area contributed by atoms with Gasteiger partial charge in [0.15, 0.2) is 0 Å². The van der Waals surface area contributed by atoms with Gasteiger partial charge >= 0.3 is 6.09 Å². The molecule has 3 fully saturated rings. The number of fused-ring (bicyclic) bond motifs is 2. The zero-order chi connectivity index (χ0) is 25.7. The van der Waals surface area contributed by atoms with Crippen molar-refractivity contribution in [1.82, 2.24) is 10.6 Å². The highest BCUT2D eigenvalue weighted by Crippen LogP contribution is 2.51. The number of benzene rings is 2. The first-order valence-corrected chi connectivity index (χ1v) is 15.4. The highest BCUT2D eigenvalue weighted by atomic mass is 28.4. The number of carbonyl (C=O) groups excluding carboxylic acids is 1. The molecule has 2 aromatic rings. The number of carbonyl (C=O) groups is 1. The molecule has 4 unspecified atom stereocenters. The lowest BCUT2D eigenvalue weighted by Gasteiger charge is -2.46. The third kappa shape index (κ3) is 4.52. The van der Waals surface area contributed by atoms with Crippen LogP contribution in [0, 0.1) is 17.8 Å². The summed E-state index contributed by atoms with van der Waals surface area (Å²) in [5, 5.41) is 9.67. The standard InChI is InChI=1S/C30H42N2O3Si/c1-29(2,3)34-28(33)32-25-23-17-20-18-24(25)27(26(23)31-19-20)35-36(30(4,5)6,21-13-9-7-10-14-21)22-15-11-8-12-16-22/h7-16,20,23-27,31H,17-19H2,1-6H3,(H,32,33)/t20?,23?,24?,25-,26?,27+/m1/s1. The molecule has 36 heavy (non-hydrogen) atoms. The molecular formula is C30H42N2O3Si. The van der Waals surface area contributed by atoms with Crippen molar-refractivity contribution in [3.63, 3.8) is 0 Å². The predicted octanol–water partition coefficient (Wildman–Crippen LogP) is 4.45. The van der Waals surface area contributed by atoms with Crippen molar-refractivity contribution in [2.75, 3.05) is 6.54 Å². The fourth-order valence-corrected chi connectivity index (χ4v) is 11.9. The average Bonchev–Trinajstić information content (AvgIpc) is 2.92. The topological polar surface area (TPSA) is 59.6 Å². The van der Waals surface area contributed by atoms with E-state index in [4.69, 9.17) is 9.16 Å². The largest absolute Gasteiger partial charge is 0.444 e. The molecular weight excluding hydrogens is 464 g/mol. The lowest BCUT2D eigenvalue weighted by molar-refractivity contribution is 0.0417. The van der Waals surface area contributed by atoms with Gasteiger partial charge in [0.1, 0.15) is 5.60 Å². The minimum atomic E-state index is -2.71. The first-order chi connectivity index (χ1) is 17.0. The van der Waals surface area contributed by atoms with Crippen molar-refractivity contribution < 1.29 is 14.0 Å². The number of amides is 1. The number of rotatable bonds is 5. The summed E-state index contributed by atoms with van der Waals surface area (Å²) in [6, 6.07) is 22.0. The van der Waals surface area contributed by atoms with E-state index >= 15 is 0 Å².